The lowest BCUT2D eigenvalue weighted by molar-refractivity contribution is 0.184. The van der Waals surface area contributed by atoms with E-state index in [4.69, 9.17) is 16.1 Å². The van der Waals surface area contributed by atoms with Gasteiger partial charge in [0.1, 0.15) is 12.6 Å². The average Bonchev–Trinajstić information content (AvgIpc) is 3.27. The standard InChI is InChI=1S/C18H27ClN4O2S.HI/c1-4-12(5-2)14-9-13(25-23-14)10-21-18(20-6-3)22-11-15(24)16-7-8-17(19)26-16;/h7-9,12,15,24H,4-6,10-11H2,1-3H3,(H2,20,21,22);1H. The van der Waals surface area contributed by atoms with Gasteiger partial charge in [-0.2, -0.15) is 0 Å². The van der Waals surface area contributed by atoms with Crippen molar-refractivity contribution in [2.75, 3.05) is 13.1 Å². The van der Waals surface area contributed by atoms with Crippen molar-refractivity contribution in [1.82, 2.24) is 15.8 Å². The number of aliphatic hydroxyl groups excluding tert-OH is 1. The van der Waals surface area contributed by atoms with Crippen molar-refractivity contribution < 1.29 is 9.63 Å². The number of nitrogens with one attached hydrogen (secondary N) is 2. The molecular formula is C18H28ClIN4O2S. The zero-order valence-electron chi connectivity index (χ0n) is 15.9. The van der Waals surface area contributed by atoms with Crippen LogP contribution < -0.4 is 10.6 Å². The summed E-state index contributed by atoms with van der Waals surface area (Å²) >= 11 is 7.29. The number of aromatic nitrogens is 1. The Bertz CT molecular complexity index is 703. The largest absolute Gasteiger partial charge is 0.386 e. The van der Waals surface area contributed by atoms with Gasteiger partial charge in [0.05, 0.1) is 10.0 Å². The van der Waals surface area contributed by atoms with Crippen molar-refractivity contribution in [3.63, 3.8) is 0 Å². The first-order valence-electron chi connectivity index (χ1n) is 8.98. The van der Waals surface area contributed by atoms with Gasteiger partial charge in [-0.1, -0.05) is 30.6 Å². The van der Waals surface area contributed by atoms with E-state index >= 15 is 0 Å². The van der Waals surface area contributed by atoms with Crippen LogP contribution in [-0.2, 0) is 6.54 Å². The van der Waals surface area contributed by atoms with Crippen molar-refractivity contribution in [3.05, 3.63) is 38.9 Å². The molecule has 0 saturated heterocycles. The van der Waals surface area contributed by atoms with E-state index in [9.17, 15) is 5.11 Å². The van der Waals surface area contributed by atoms with Crippen molar-refractivity contribution in [2.45, 2.75) is 52.2 Å². The predicted octanol–water partition coefficient (Wildman–Crippen LogP) is 4.70. The predicted molar refractivity (Wildman–Crippen MR) is 122 cm³/mol. The van der Waals surface area contributed by atoms with E-state index in [1.807, 2.05) is 19.1 Å². The summed E-state index contributed by atoms with van der Waals surface area (Å²) in [6, 6.07) is 5.59. The Labute approximate surface area is 186 Å². The van der Waals surface area contributed by atoms with E-state index in [1.165, 1.54) is 11.3 Å². The van der Waals surface area contributed by atoms with Crippen molar-refractivity contribution in [1.29, 1.82) is 0 Å². The summed E-state index contributed by atoms with van der Waals surface area (Å²) in [6.07, 6.45) is 1.45. The van der Waals surface area contributed by atoms with Crippen LogP contribution in [0.4, 0.5) is 0 Å². The van der Waals surface area contributed by atoms with Gasteiger partial charge in [0.2, 0.25) is 0 Å². The molecule has 0 aliphatic heterocycles. The molecule has 1 unspecified atom stereocenters. The molecule has 0 aliphatic carbocycles. The minimum atomic E-state index is -0.636. The van der Waals surface area contributed by atoms with Crippen LogP contribution in [0.3, 0.4) is 0 Å². The fraction of sp³-hybridized carbons (Fsp3) is 0.556. The number of nitrogens with zero attached hydrogens (tertiary/aromatic N) is 2. The molecule has 0 bridgehead atoms. The van der Waals surface area contributed by atoms with Crippen LogP contribution in [0, 0.1) is 0 Å². The Hall–Kier alpha value is -0.840. The van der Waals surface area contributed by atoms with Gasteiger partial charge >= 0.3 is 0 Å². The molecule has 6 nitrogen and oxygen atoms in total. The first kappa shape index (κ1) is 24.2. The second-order valence-electron chi connectivity index (χ2n) is 5.97. The van der Waals surface area contributed by atoms with Gasteiger partial charge < -0.3 is 20.3 Å². The van der Waals surface area contributed by atoms with E-state index in [2.05, 4.69) is 34.6 Å². The van der Waals surface area contributed by atoms with Crippen molar-refractivity contribution >= 4 is 52.9 Å². The SMILES string of the molecule is CCNC(=NCc1cc(C(CC)CC)no1)NCC(O)c1ccc(Cl)s1.I. The van der Waals surface area contributed by atoms with Gasteiger partial charge in [-0.15, -0.1) is 35.3 Å². The topological polar surface area (TPSA) is 82.7 Å². The summed E-state index contributed by atoms with van der Waals surface area (Å²) in [4.78, 5) is 5.33. The maximum atomic E-state index is 10.2. The van der Waals surface area contributed by atoms with E-state index < -0.39 is 6.10 Å². The van der Waals surface area contributed by atoms with Crippen molar-refractivity contribution in [2.24, 2.45) is 4.99 Å². The molecule has 9 heteroatoms. The van der Waals surface area contributed by atoms with Crippen LogP contribution in [-0.4, -0.2) is 29.3 Å². The summed E-state index contributed by atoms with van der Waals surface area (Å²) in [5.41, 5.74) is 0.989. The van der Waals surface area contributed by atoms with Crippen LogP contribution in [0.25, 0.3) is 0 Å². The fourth-order valence-electron chi connectivity index (χ4n) is 2.60. The first-order chi connectivity index (χ1) is 12.6. The minimum absolute atomic E-state index is 0. The van der Waals surface area contributed by atoms with E-state index in [-0.39, 0.29) is 24.0 Å². The quantitative estimate of drug-likeness (QED) is 0.251. The Morgan fingerprint density at radius 2 is 2.04 bits per heavy atom. The van der Waals surface area contributed by atoms with Crippen LogP contribution in [0.2, 0.25) is 4.34 Å². The van der Waals surface area contributed by atoms with Gasteiger partial charge in [-0.05, 0) is 31.9 Å². The summed E-state index contributed by atoms with van der Waals surface area (Å²) in [6.45, 7) is 7.76. The first-order valence-corrected chi connectivity index (χ1v) is 10.2. The third kappa shape index (κ3) is 7.59. The third-order valence-electron chi connectivity index (χ3n) is 4.10. The fourth-order valence-corrected chi connectivity index (χ4v) is 3.65. The third-order valence-corrected chi connectivity index (χ3v) is 5.44. The molecule has 2 heterocycles. The molecule has 2 rings (SSSR count). The number of aliphatic imine (C=N–C) groups is 1. The van der Waals surface area contributed by atoms with E-state index in [1.54, 1.807) is 6.07 Å². The van der Waals surface area contributed by atoms with Crippen LogP contribution in [0.1, 0.15) is 62.0 Å². The van der Waals surface area contributed by atoms with E-state index in [0.717, 1.165) is 35.7 Å². The highest BCUT2D eigenvalue weighted by molar-refractivity contribution is 14.0. The summed E-state index contributed by atoms with van der Waals surface area (Å²) in [5.74, 6) is 1.78. The second kappa shape index (κ2) is 12.6. The molecule has 0 fully saturated rings. The van der Waals surface area contributed by atoms with Gasteiger partial charge in [0.25, 0.3) is 0 Å². The second-order valence-corrected chi connectivity index (χ2v) is 7.71. The smallest absolute Gasteiger partial charge is 0.191 e. The number of hydrogen-bond acceptors (Lipinski definition) is 5. The average molecular weight is 527 g/mol. The molecule has 0 aliphatic rings. The lowest BCUT2D eigenvalue weighted by atomic mass is 9.99. The van der Waals surface area contributed by atoms with E-state index in [0.29, 0.717) is 29.3 Å². The number of hydrogen-bond donors (Lipinski definition) is 3. The van der Waals surface area contributed by atoms with Gasteiger partial charge in [0.15, 0.2) is 11.7 Å². The molecule has 152 valence electrons. The van der Waals surface area contributed by atoms with Gasteiger partial charge in [-0.3, -0.25) is 0 Å². The Kier molecular flexibility index (Phi) is 11.3. The normalized spacial score (nSPS) is 12.7. The molecule has 0 amide bonds. The minimum Gasteiger partial charge on any atom is -0.386 e. The highest BCUT2D eigenvalue weighted by Gasteiger charge is 2.13. The Morgan fingerprint density at radius 3 is 2.63 bits per heavy atom. The maximum Gasteiger partial charge on any atom is 0.191 e. The van der Waals surface area contributed by atoms with Gasteiger partial charge in [-0.25, -0.2) is 4.99 Å². The Morgan fingerprint density at radius 1 is 1.30 bits per heavy atom. The van der Waals surface area contributed by atoms with Crippen LogP contribution in [0.15, 0.2) is 27.7 Å². The maximum absolute atomic E-state index is 10.2. The molecule has 2 aromatic heterocycles. The summed E-state index contributed by atoms with van der Waals surface area (Å²) in [7, 11) is 0. The Balaban J connectivity index is 0.00000364. The lowest BCUT2D eigenvalue weighted by Gasteiger charge is -2.14. The number of guanidine groups is 1. The molecule has 2 aromatic rings. The number of thiophene rings is 1. The molecule has 0 saturated carbocycles. The number of aliphatic hydroxyl groups is 1. The van der Waals surface area contributed by atoms with Crippen molar-refractivity contribution in [3.8, 4) is 0 Å². The highest BCUT2D eigenvalue weighted by Crippen LogP contribution is 2.26. The van der Waals surface area contributed by atoms with Crippen LogP contribution in [0.5, 0.6) is 0 Å². The summed E-state index contributed by atoms with van der Waals surface area (Å²) < 4.78 is 6.07. The molecule has 0 radical (unpaired) electrons. The number of rotatable bonds is 9. The van der Waals surface area contributed by atoms with Gasteiger partial charge in [0, 0.05) is 30.0 Å². The molecule has 1 atom stereocenters. The molecule has 0 aromatic carbocycles. The molecule has 3 N–H and O–H groups in total. The van der Waals surface area contributed by atoms with Crippen LogP contribution >= 0.6 is 46.9 Å². The molecule has 0 spiro atoms. The lowest BCUT2D eigenvalue weighted by Crippen LogP contribution is -2.39. The highest BCUT2D eigenvalue weighted by atomic mass is 127. The summed E-state index contributed by atoms with van der Waals surface area (Å²) in [5, 5.41) is 20.7. The zero-order chi connectivity index (χ0) is 18.9. The monoisotopic (exact) mass is 526 g/mol. The number of halogens is 2. The zero-order valence-corrected chi connectivity index (χ0v) is 19.8. The molecular weight excluding hydrogens is 499 g/mol. The molecule has 27 heavy (non-hydrogen) atoms.